The molecule has 8 rings (SSSR count). The van der Waals surface area contributed by atoms with E-state index in [1.54, 1.807) is 11.5 Å². The molecule has 61 heavy (non-hydrogen) atoms. The van der Waals surface area contributed by atoms with Gasteiger partial charge in [-0.1, -0.05) is 169 Å². The van der Waals surface area contributed by atoms with E-state index >= 15 is 0 Å². The first-order chi connectivity index (χ1) is 29.9. The molecule has 0 radical (unpaired) electrons. The van der Waals surface area contributed by atoms with E-state index in [0.29, 0.717) is 16.5 Å². The molecule has 13 heteroatoms. The summed E-state index contributed by atoms with van der Waals surface area (Å²) in [5.41, 5.74) is 4.28. The molecule has 1 saturated heterocycles. The van der Waals surface area contributed by atoms with E-state index in [1.807, 2.05) is 115 Å². The normalized spacial score (nSPS) is 16.5. The number of hydrogen-bond acceptors (Lipinski definition) is 11. The highest BCUT2D eigenvalue weighted by atomic mass is 32.2. The standard InChI is InChI=1S/C48H41N5O6S2/c1-58-52-39(38-31-61-47(49-38)51-48(35-23-11-4-12-24-35,36-25-13-5-14-26-36)37-27-15-6-16-28-37)43(55)50-40-44(56)53-41(34(22-17-29-54)30-60-45(40)53)46(57)59-42(32-18-7-2-8-19-32)33-20-9-3-10-21-33/h2-28,31,40,42,45,54H,29-30H2,1H3,(H,49,51)(H,50,55)/b22-17+,52-39?/t40?,45-/m0/s1. The predicted octanol–water partition coefficient (Wildman–Crippen LogP) is 7.43. The number of carbonyl (C=O) groups is 3. The van der Waals surface area contributed by atoms with Gasteiger partial charge in [-0.05, 0) is 33.4 Å². The maximum absolute atomic E-state index is 14.2. The Balaban J connectivity index is 1.05. The van der Waals surface area contributed by atoms with Gasteiger partial charge in [-0.25, -0.2) is 9.78 Å². The number of hydrogen-bond donors (Lipinski definition) is 3. The van der Waals surface area contributed by atoms with E-state index in [1.165, 1.54) is 41.2 Å². The zero-order chi connectivity index (χ0) is 42.2. The van der Waals surface area contributed by atoms with E-state index < -0.39 is 40.8 Å². The van der Waals surface area contributed by atoms with Crippen molar-refractivity contribution in [3.05, 3.63) is 214 Å². The highest BCUT2D eigenvalue weighted by Crippen LogP contribution is 2.43. The molecule has 3 N–H and O–H groups in total. The fourth-order valence-corrected chi connectivity index (χ4v) is 9.66. The van der Waals surface area contributed by atoms with Crippen LogP contribution in [0.5, 0.6) is 0 Å². The van der Waals surface area contributed by atoms with Gasteiger partial charge >= 0.3 is 5.97 Å². The van der Waals surface area contributed by atoms with Gasteiger partial charge in [0, 0.05) is 11.1 Å². The molecule has 2 amide bonds. The van der Waals surface area contributed by atoms with Crippen molar-refractivity contribution in [2.24, 2.45) is 5.16 Å². The molecule has 2 aliphatic rings. The minimum absolute atomic E-state index is 0.0561. The number of rotatable bonds is 15. The molecule has 0 aliphatic carbocycles. The Bertz CT molecular complexity index is 2430. The van der Waals surface area contributed by atoms with Crippen molar-refractivity contribution >= 4 is 51.7 Å². The molecule has 2 atom stereocenters. The molecule has 1 aromatic heterocycles. The summed E-state index contributed by atoms with van der Waals surface area (Å²) in [5.74, 6) is -1.57. The average Bonchev–Trinajstić information content (AvgIpc) is 3.79. The highest BCUT2D eigenvalue weighted by molar-refractivity contribution is 8.00. The van der Waals surface area contributed by atoms with Crippen LogP contribution in [0.25, 0.3) is 0 Å². The predicted molar refractivity (Wildman–Crippen MR) is 238 cm³/mol. The van der Waals surface area contributed by atoms with Crippen molar-refractivity contribution in [3.8, 4) is 0 Å². The lowest BCUT2D eigenvalue weighted by atomic mass is 9.77. The zero-order valence-electron chi connectivity index (χ0n) is 33.0. The van der Waals surface area contributed by atoms with Gasteiger partial charge in [-0.2, -0.15) is 0 Å². The number of β-lactam (4-membered cyclic amide) rings is 1. The minimum atomic E-state index is -0.997. The summed E-state index contributed by atoms with van der Waals surface area (Å²) in [7, 11) is 1.33. The SMILES string of the molecule is CON=C(C(=O)NC1C(=O)N2C(C(=O)OC(c3ccccc3)c3ccccc3)=C(/C=C/CO)CS[C@@H]12)c1csc(NC(c2ccccc2)(c2ccccc2)c2ccccc2)n1. The number of allylic oxidation sites excluding steroid dienone is 1. The fraction of sp³-hybridized carbons (Fsp3) is 0.146. The van der Waals surface area contributed by atoms with Crippen molar-refractivity contribution in [2.45, 2.75) is 23.1 Å². The number of aromatic nitrogens is 1. The number of benzene rings is 5. The van der Waals surface area contributed by atoms with Gasteiger partial charge in [0.1, 0.15) is 35.5 Å². The quantitative estimate of drug-likeness (QED) is 0.0316. The lowest BCUT2D eigenvalue weighted by molar-refractivity contribution is -0.154. The highest BCUT2D eigenvalue weighted by Gasteiger charge is 2.55. The number of aliphatic hydroxyl groups excluding tert-OH is 1. The Hall–Kier alpha value is -6.80. The third-order valence-corrected chi connectivity index (χ3v) is 12.5. The molecule has 0 saturated carbocycles. The maximum Gasteiger partial charge on any atom is 0.356 e. The summed E-state index contributed by atoms with van der Waals surface area (Å²) in [4.78, 5) is 53.7. The molecule has 11 nitrogen and oxygen atoms in total. The molecule has 0 spiro atoms. The van der Waals surface area contributed by atoms with E-state index in [0.717, 1.165) is 27.8 Å². The van der Waals surface area contributed by atoms with E-state index in [4.69, 9.17) is 14.6 Å². The van der Waals surface area contributed by atoms with Crippen LogP contribution < -0.4 is 10.6 Å². The number of nitrogens with zero attached hydrogens (tertiary/aromatic N) is 3. The molecule has 1 fully saturated rings. The van der Waals surface area contributed by atoms with Crippen LogP contribution in [0.4, 0.5) is 5.13 Å². The van der Waals surface area contributed by atoms with Crippen molar-refractivity contribution in [3.63, 3.8) is 0 Å². The summed E-state index contributed by atoms with van der Waals surface area (Å²) in [6.07, 6.45) is 2.37. The van der Waals surface area contributed by atoms with Crippen LogP contribution in [0.15, 0.2) is 186 Å². The van der Waals surface area contributed by atoms with Crippen LogP contribution in [-0.4, -0.2) is 69.4 Å². The monoisotopic (exact) mass is 847 g/mol. The Morgan fingerprint density at radius 2 is 1.38 bits per heavy atom. The van der Waals surface area contributed by atoms with Crippen LogP contribution in [0.3, 0.4) is 0 Å². The van der Waals surface area contributed by atoms with Crippen molar-refractivity contribution in [2.75, 3.05) is 24.8 Å². The molecule has 6 aromatic rings. The lowest BCUT2D eigenvalue weighted by Crippen LogP contribution is -2.71. The molecule has 5 aromatic carbocycles. The van der Waals surface area contributed by atoms with Crippen LogP contribution in [0.1, 0.15) is 39.6 Å². The summed E-state index contributed by atoms with van der Waals surface area (Å²) in [5, 5.41) is 21.8. The lowest BCUT2D eigenvalue weighted by Gasteiger charge is -2.49. The first-order valence-corrected chi connectivity index (χ1v) is 21.4. The number of thiazole rings is 1. The van der Waals surface area contributed by atoms with Crippen LogP contribution in [0.2, 0.25) is 0 Å². The number of thioether (sulfide) groups is 1. The first kappa shape index (κ1) is 41.0. The van der Waals surface area contributed by atoms with E-state index in [9.17, 15) is 19.5 Å². The van der Waals surface area contributed by atoms with Crippen molar-refractivity contribution < 1.29 is 29.1 Å². The summed E-state index contributed by atoms with van der Waals surface area (Å²) >= 11 is 2.68. The first-order valence-electron chi connectivity index (χ1n) is 19.5. The van der Waals surface area contributed by atoms with Crippen LogP contribution in [0, 0.1) is 0 Å². The van der Waals surface area contributed by atoms with Crippen molar-refractivity contribution in [1.29, 1.82) is 0 Å². The van der Waals surface area contributed by atoms with Crippen molar-refractivity contribution in [1.82, 2.24) is 15.2 Å². The summed E-state index contributed by atoms with van der Waals surface area (Å²) in [6.45, 7) is -0.260. The van der Waals surface area contributed by atoms with Gasteiger partial charge in [0.2, 0.25) is 0 Å². The number of fused-ring (bicyclic) bond motifs is 1. The molecular weight excluding hydrogens is 807 g/mol. The zero-order valence-corrected chi connectivity index (χ0v) is 34.6. The molecule has 2 aliphatic heterocycles. The number of amides is 2. The number of oxime groups is 1. The number of ether oxygens (including phenoxy) is 1. The third kappa shape index (κ3) is 8.35. The third-order valence-electron chi connectivity index (χ3n) is 10.4. The molecule has 1 unspecified atom stereocenters. The second-order valence-electron chi connectivity index (χ2n) is 14.1. The van der Waals surface area contributed by atoms with Crippen LogP contribution >= 0.6 is 23.1 Å². The fourth-order valence-electron chi connectivity index (χ4n) is 7.59. The summed E-state index contributed by atoms with van der Waals surface area (Å²) < 4.78 is 6.21. The Labute approximate surface area is 361 Å². The molecular formula is C48H41N5O6S2. The summed E-state index contributed by atoms with van der Waals surface area (Å²) in [6, 6.07) is 48.0. The van der Waals surface area contributed by atoms with Gasteiger partial charge in [0.15, 0.2) is 16.9 Å². The maximum atomic E-state index is 14.2. The number of esters is 1. The van der Waals surface area contributed by atoms with Gasteiger partial charge in [0.25, 0.3) is 11.8 Å². The van der Waals surface area contributed by atoms with Crippen LogP contribution in [-0.2, 0) is 29.5 Å². The number of anilines is 1. The second kappa shape index (κ2) is 18.6. The van der Waals surface area contributed by atoms with Gasteiger partial charge in [-0.15, -0.1) is 23.1 Å². The largest absolute Gasteiger partial charge is 0.448 e. The average molecular weight is 848 g/mol. The Kier molecular flexibility index (Phi) is 12.5. The van der Waals surface area contributed by atoms with E-state index in [-0.39, 0.29) is 23.7 Å². The minimum Gasteiger partial charge on any atom is -0.448 e. The number of nitrogens with one attached hydrogen (secondary N) is 2. The van der Waals surface area contributed by atoms with E-state index in [2.05, 4.69) is 52.2 Å². The molecule has 0 bridgehead atoms. The number of carbonyl (C=O) groups excluding carboxylic acids is 3. The number of aliphatic hydroxyl groups is 1. The Morgan fingerprint density at radius 3 is 1.89 bits per heavy atom. The molecule has 306 valence electrons. The molecule has 3 heterocycles. The topological polar surface area (TPSA) is 142 Å². The second-order valence-corrected chi connectivity index (χ2v) is 16.0. The Morgan fingerprint density at radius 1 is 0.852 bits per heavy atom. The van der Waals surface area contributed by atoms with Gasteiger partial charge < -0.3 is 25.3 Å². The van der Waals surface area contributed by atoms with Gasteiger partial charge in [-0.3, -0.25) is 14.5 Å². The smallest absolute Gasteiger partial charge is 0.356 e. The van der Waals surface area contributed by atoms with Gasteiger partial charge in [0.05, 0.1) is 6.61 Å².